The molecule has 0 saturated carbocycles. The zero-order valence-corrected chi connectivity index (χ0v) is 9.03. The Bertz CT molecular complexity index is 304. The minimum atomic E-state index is 0.406. The summed E-state index contributed by atoms with van der Waals surface area (Å²) in [4.78, 5) is 5.86. The molecule has 0 spiro atoms. The van der Waals surface area contributed by atoms with Crippen LogP contribution in [0.2, 0.25) is 0 Å². The van der Waals surface area contributed by atoms with Gasteiger partial charge in [0.05, 0.1) is 11.2 Å². The molecule has 0 radical (unpaired) electrons. The number of hydrogen-bond donors (Lipinski definition) is 1. The van der Waals surface area contributed by atoms with Gasteiger partial charge < -0.3 is 5.73 Å². The largest absolute Gasteiger partial charge is 0.330 e. The van der Waals surface area contributed by atoms with Gasteiger partial charge in [-0.25, -0.2) is 4.98 Å². The van der Waals surface area contributed by atoms with E-state index in [-0.39, 0.29) is 0 Å². The molecule has 0 amide bonds. The highest BCUT2D eigenvalue weighted by Crippen LogP contribution is 2.42. The maximum Gasteiger partial charge on any atom is 0.0797 e. The fourth-order valence-electron chi connectivity index (χ4n) is 2.21. The number of nitrogens with two attached hydrogens (primary N) is 1. The molecule has 2 rings (SSSR count). The number of rotatable bonds is 1. The van der Waals surface area contributed by atoms with Crippen molar-refractivity contribution in [2.24, 2.45) is 11.1 Å². The predicted molar refractivity (Wildman–Crippen MR) is 56.0 cm³/mol. The van der Waals surface area contributed by atoms with E-state index in [0.29, 0.717) is 11.3 Å². The first-order valence-electron chi connectivity index (χ1n) is 4.75. The fourth-order valence-corrected chi connectivity index (χ4v) is 3.32. The average Bonchev–Trinajstić information content (AvgIpc) is 2.48. The molecule has 0 aliphatic heterocycles. The van der Waals surface area contributed by atoms with Crippen molar-refractivity contribution in [1.82, 2.24) is 4.98 Å². The lowest BCUT2D eigenvalue weighted by Crippen LogP contribution is -2.28. The lowest BCUT2D eigenvalue weighted by molar-refractivity contribution is 0.283. The summed E-state index contributed by atoms with van der Waals surface area (Å²) in [5, 5.41) is 0. The van der Waals surface area contributed by atoms with Crippen molar-refractivity contribution >= 4 is 11.3 Å². The van der Waals surface area contributed by atoms with Crippen molar-refractivity contribution in [3.05, 3.63) is 16.1 Å². The molecule has 1 aliphatic carbocycles. The fraction of sp³-hybridized carbons (Fsp3) is 0.700. The van der Waals surface area contributed by atoms with Gasteiger partial charge in [-0.1, -0.05) is 13.8 Å². The molecule has 0 bridgehead atoms. The molecule has 13 heavy (non-hydrogen) atoms. The highest BCUT2D eigenvalue weighted by Gasteiger charge is 2.33. The van der Waals surface area contributed by atoms with E-state index < -0.39 is 0 Å². The van der Waals surface area contributed by atoms with Crippen molar-refractivity contribution < 1.29 is 0 Å². The van der Waals surface area contributed by atoms with Crippen LogP contribution >= 0.6 is 11.3 Å². The van der Waals surface area contributed by atoms with E-state index in [0.717, 1.165) is 6.54 Å². The Morgan fingerprint density at radius 2 is 2.46 bits per heavy atom. The van der Waals surface area contributed by atoms with Gasteiger partial charge in [-0.05, 0) is 18.3 Å². The first-order valence-corrected chi connectivity index (χ1v) is 5.63. The van der Waals surface area contributed by atoms with Crippen molar-refractivity contribution in [2.75, 3.05) is 6.54 Å². The topological polar surface area (TPSA) is 38.9 Å². The molecule has 2 nitrogen and oxygen atoms in total. The Kier molecular flexibility index (Phi) is 2.16. The number of nitrogens with zero attached hydrogens (tertiary/aromatic N) is 1. The smallest absolute Gasteiger partial charge is 0.0797 e. The Morgan fingerprint density at radius 3 is 3.15 bits per heavy atom. The van der Waals surface area contributed by atoms with Gasteiger partial charge in [-0.2, -0.15) is 0 Å². The molecule has 1 atom stereocenters. The van der Waals surface area contributed by atoms with Gasteiger partial charge in [-0.15, -0.1) is 11.3 Å². The lowest BCUT2D eigenvalue weighted by atomic mass is 9.73. The molecule has 72 valence electrons. The van der Waals surface area contributed by atoms with Crippen molar-refractivity contribution in [3.8, 4) is 0 Å². The Balaban J connectivity index is 2.36. The second kappa shape index (κ2) is 3.07. The summed E-state index contributed by atoms with van der Waals surface area (Å²) in [5.74, 6) is 0.491. The minimum absolute atomic E-state index is 0.406. The molecular weight excluding hydrogens is 180 g/mol. The van der Waals surface area contributed by atoms with Crippen molar-refractivity contribution in [2.45, 2.75) is 32.6 Å². The van der Waals surface area contributed by atoms with E-state index in [9.17, 15) is 0 Å². The van der Waals surface area contributed by atoms with Gasteiger partial charge in [0.15, 0.2) is 0 Å². The van der Waals surface area contributed by atoms with Crippen LogP contribution in [0.5, 0.6) is 0 Å². The number of fused-ring (bicyclic) bond motifs is 1. The summed E-state index contributed by atoms with van der Waals surface area (Å²) >= 11 is 1.78. The summed E-state index contributed by atoms with van der Waals surface area (Å²) in [7, 11) is 0. The average molecular weight is 196 g/mol. The third-order valence-corrected chi connectivity index (χ3v) is 3.63. The van der Waals surface area contributed by atoms with Crippen LogP contribution in [0, 0.1) is 5.41 Å². The summed E-state index contributed by atoms with van der Waals surface area (Å²) in [5.41, 5.74) is 9.39. The molecule has 1 heterocycles. The molecule has 0 fully saturated rings. The third kappa shape index (κ3) is 1.63. The Hall–Kier alpha value is -0.410. The van der Waals surface area contributed by atoms with E-state index in [1.807, 2.05) is 5.51 Å². The molecule has 0 saturated heterocycles. The molecule has 0 aromatic carbocycles. The van der Waals surface area contributed by atoms with Gasteiger partial charge in [0.1, 0.15) is 0 Å². The molecule has 2 N–H and O–H groups in total. The van der Waals surface area contributed by atoms with Gasteiger partial charge in [0.25, 0.3) is 0 Å². The van der Waals surface area contributed by atoms with Crippen LogP contribution in [0.25, 0.3) is 0 Å². The lowest BCUT2D eigenvalue weighted by Gasteiger charge is -2.33. The van der Waals surface area contributed by atoms with Crippen molar-refractivity contribution in [3.63, 3.8) is 0 Å². The summed E-state index contributed by atoms with van der Waals surface area (Å²) in [6.07, 6.45) is 2.35. The number of aromatic nitrogens is 1. The second-order valence-corrected chi connectivity index (χ2v) is 5.58. The van der Waals surface area contributed by atoms with Crippen LogP contribution in [0.4, 0.5) is 0 Å². The van der Waals surface area contributed by atoms with Crippen molar-refractivity contribution in [1.29, 1.82) is 0 Å². The standard InChI is InChI=1S/C10H16N2S/c1-10(2)3-7(5-11)9-8(4-10)13-6-12-9/h6-7H,3-5,11H2,1-2H3. The molecule has 1 aromatic heterocycles. The normalized spacial score (nSPS) is 25.6. The van der Waals surface area contributed by atoms with Crippen LogP contribution in [0.1, 0.15) is 36.8 Å². The maximum absolute atomic E-state index is 5.76. The van der Waals surface area contributed by atoms with Gasteiger partial charge in [0.2, 0.25) is 0 Å². The summed E-state index contributed by atoms with van der Waals surface area (Å²) < 4.78 is 0. The Labute approximate surface area is 83.2 Å². The Morgan fingerprint density at radius 1 is 1.69 bits per heavy atom. The van der Waals surface area contributed by atoms with E-state index in [1.165, 1.54) is 23.4 Å². The number of hydrogen-bond acceptors (Lipinski definition) is 3. The monoisotopic (exact) mass is 196 g/mol. The summed E-state index contributed by atoms with van der Waals surface area (Å²) in [6, 6.07) is 0. The van der Waals surface area contributed by atoms with Crippen LogP contribution in [0.15, 0.2) is 5.51 Å². The zero-order valence-electron chi connectivity index (χ0n) is 8.21. The highest BCUT2D eigenvalue weighted by atomic mass is 32.1. The van der Waals surface area contributed by atoms with Gasteiger partial charge in [0, 0.05) is 17.3 Å². The molecule has 1 unspecified atom stereocenters. The first kappa shape index (κ1) is 9.16. The molecular formula is C10H16N2S. The van der Waals surface area contributed by atoms with E-state index >= 15 is 0 Å². The van der Waals surface area contributed by atoms with Crippen LogP contribution in [0.3, 0.4) is 0 Å². The zero-order chi connectivity index (χ0) is 9.47. The van der Waals surface area contributed by atoms with Crippen LogP contribution in [-0.2, 0) is 6.42 Å². The van der Waals surface area contributed by atoms with E-state index in [4.69, 9.17) is 5.73 Å². The van der Waals surface area contributed by atoms with Crippen LogP contribution < -0.4 is 5.73 Å². The minimum Gasteiger partial charge on any atom is -0.330 e. The predicted octanol–water partition coefficient (Wildman–Crippen LogP) is 2.16. The highest BCUT2D eigenvalue weighted by molar-refractivity contribution is 7.09. The van der Waals surface area contributed by atoms with Gasteiger partial charge in [-0.3, -0.25) is 0 Å². The van der Waals surface area contributed by atoms with E-state index in [2.05, 4.69) is 18.8 Å². The molecule has 1 aromatic rings. The first-order chi connectivity index (χ1) is 6.12. The number of thiazole rings is 1. The second-order valence-electron chi connectivity index (χ2n) is 4.64. The summed E-state index contributed by atoms with van der Waals surface area (Å²) in [6.45, 7) is 5.37. The quantitative estimate of drug-likeness (QED) is 0.747. The van der Waals surface area contributed by atoms with Gasteiger partial charge >= 0.3 is 0 Å². The van der Waals surface area contributed by atoms with Crippen LogP contribution in [-0.4, -0.2) is 11.5 Å². The molecule has 3 heteroatoms. The third-order valence-electron chi connectivity index (χ3n) is 2.78. The van der Waals surface area contributed by atoms with E-state index in [1.54, 1.807) is 11.3 Å². The maximum atomic E-state index is 5.76. The molecule has 1 aliphatic rings. The SMILES string of the molecule is CC1(C)Cc2scnc2C(CN)C1.